The summed E-state index contributed by atoms with van der Waals surface area (Å²) in [6.07, 6.45) is -5.84. The quantitative estimate of drug-likeness (QED) is 0.421. The Kier molecular flexibility index (Phi) is 12.1. The number of aromatic nitrogens is 3. The summed E-state index contributed by atoms with van der Waals surface area (Å²) in [5, 5.41) is 18.7. The molecule has 2 aromatic rings. The smallest absolute Gasteiger partial charge is 0.475 e. The van der Waals surface area contributed by atoms with Gasteiger partial charge in [-0.2, -0.15) is 31.4 Å². The summed E-state index contributed by atoms with van der Waals surface area (Å²) in [5.41, 5.74) is 2.19. The Morgan fingerprint density at radius 2 is 1.63 bits per heavy atom. The van der Waals surface area contributed by atoms with Crippen LogP contribution in [0.2, 0.25) is 0 Å². The van der Waals surface area contributed by atoms with Gasteiger partial charge >= 0.3 is 24.3 Å². The van der Waals surface area contributed by atoms with Crippen LogP contribution < -0.4 is 4.72 Å². The van der Waals surface area contributed by atoms with Gasteiger partial charge in [-0.25, -0.2) is 22.7 Å². The topological polar surface area (TPSA) is 155 Å². The summed E-state index contributed by atoms with van der Waals surface area (Å²) >= 11 is 0. The van der Waals surface area contributed by atoms with Gasteiger partial charge in [0.2, 0.25) is 10.0 Å². The third-order valence-corrected chi connectivity index (χ3v) is 6.13. The van der Waals surface area contributed by atoms with Crippen LogP contribution in [-0.2, 0) is 32.7 Å². The summed E-state index contributed by atoms with van der Waals surface area (Å²) in [5.74, 6) is -5.41. The third-order valence-electron chi connectivity index (χ3n) is 4.73. The number of nitrogens with zero attached hydrogens (tertiary/aromatic N) is 4. The number of hydrogen-bond acceptors (Lipinski definition) is 7. The summed E-state index contributed by atoms with van der Waals surface area (Å²) in [4.78, 5) is 24.5. The minimum atomic E-state index is -5.08. The molecular formula is C20H25F6N5O6S. The van der Waals surface area contributed by atoms with E-state index in [1.807, 2.05) is 35.1 Å². The van der Waals surface area contributed by atoms with E-state index in [0.29, 0.717) is 13.0 Å². The first kappa shape index (κ1) is 32.8. The number of fused-ring (bicyclic) bond motifs is 1. The lowest BCUT2D eigenvalue weighted by atomic mass is 10.1. The average molecular weight is 578 g/mol. The summed E-state index contributed by atoms with van der Waals surface area (Å²) in [6, 6.07) is 8.11. The Morgan fingerprint density at radius 1 is 1.05 bits per heavy atom. The maximum absolute atomic E-state index is 11.6. The van der Waals surface area contributed by atoms with Gasteiger partial charge in [0.25, 0.3) is 0 Å². The molecule has 3 heterocycles. The van der Waals surface area contributed by atoms with E-state index < -0.39 is 34.3 Å². The third kappa shape index (κ3) is 11.9. The van der Waals surface area contributed by atoms with E-state index in [1.54, 1.807) is 13.1 Å². The molecule has 0 fully saturated rings. The molecule has 18 heteroatoms. The number of halogens is 6. The number of carboxylic acid groups (broad SMARTS) is 2. The number of alkyl halides is 6. The highest BCUT2D eigenvalue weighted by molar-refractivity contribution is 7.89. The lowest BCUT2D eigenvalue weighted by molar-refractivity contribution is -0.193. The predicted molar refractivity (Wildman–Crippen MR) is 119 cm³/mol. The molecule has 0 spiro atoms. The Balaban J connectivity index is 0.000000426. The standard InChI is InChI=1S/C16H23N5O2S.2C2HF3O2/c1-2-24(22,23)19-10-7-16-13-20(11-14-5-3-4-8-17-14)12-15-6-9-18-21(15)16;2*3-2(4,5)1(6)7/h3-6,8-9,16,19H,2,7,10-13H2,1H3;2*(H,6,7). The molecule has 3 rings (SSSR count). The van der Waals surface area contributed by atoms with E-state index >= 15 is 0 Å². The van der Waals surface area contributed by atoms with Crippen molar-refractivity contribution >= 4 is 22.0 Å². The van der Waals surface area contributed by atoms with Crippen LogP contribution in [0.5, 0.6) is 0 Å². The largest absolute Gasteiger partial charge is 0.490 e. The fraction of sp³-hybridized carbons (Fsp3) is 0.500. The summed E-state index contributed by atoms with van der Waals surface area (Å²) in [7, 11) is -3.15. The van der Waals surface area contributed by atoms with Crippen molar-refractivity contribution in [2.75, 3.05) is 18.8 Å². The molecule has 3 N–H and O–H groups in total. The molecule has 214 valence electrons. The monoisotopic (exact) mass is 577 g/mol. The molecule has 0 amide bonds. The Hall–Kier alpha value is -3.25. The maximum atomic E-state index is 11.6. The fourth-order valence-corrected chi connectivity index (χ4v) is 3.64. The molecule has 38 heavy (non-hydrogen) atoms. The van der Waals surface area contributed by atoms with Crippen LogP contribution in [-0.4, -0.2) is 81.4 Å². The van der Waals surface area contributed by atoms with Gasteiger partial charge in [-0.15, -0.1) is 0 Å². The second-order valence-corrected chi connectivity index (χ2v) is 9.70. The number of aliphatic carboxylic acids is 2. The van der Waals surface area contributed by atoms with E-state index in [-0.39, 0.29) is 11.8 Å². The number of rotatable bonds is 7. The Labute approximate surface area is 213 Å². The van der Waals surface area contributed by atoms with Gasteiger partial charge < -0.3 is 10.2 Å². The van der Waals surface area contributed by atoms with Crippen LogP contribution in [0.4, 0.5) is 26.3 Å². The predicted octanol–water partition coefficient (Wildman–Crippen LogP) is 2.43. The van der Waals surface area contributed by atoms with Crippen LogP contribution in [0.3, 0.4) is 0 Å². The van der Waals surface area contributed by atoms with Gasteiger partial charge in [0, 0.05) is 38.6 Å². The number of nitrogens with one attached hydrogen (secondary N) is 1. The molecule has 11 nitrogen and oxygen atoms in total. The first-order chi connectivity index (χ1) is 17.5. The lowest BCUT2D eigenvalue weighted by Gasteiger charge is -2.33. The number of carbonyl (C=O) groups is 2. The fourth-order valence-electron chi connectivity index (χ4n) is 3.00. The molecule has 0 aliphatic carbocycles. The van der Waals surface area contributed by atoms with Crippen molar-refractivity contribution < 1.29 is 54.6 Å². The summed E-state index contributed by atoms with van der Waals surface area (Å²) < 4.78 is 91.3. The van der Waals surface area contributed by atoms with Crippen molar-refractivity contribution in [2.45, 2.75) is 44.8 Å². The van der Waals surface area contributed by atoms with Gasteiger partial charge in [0.15, 0.2) is 0 Å². The SMILES string of the molecule is CCS(=O)(=O)NCCC1CN(Cc2ccccn2)Cc2ccnn21.O=C(O)C(F)(F)F.O=C(O)C(F)(F)F. The van der Waals surface area contributed by atoms with Gasteiger partial charge in [-0.3, -0.25) is 14.6 Å². The van der Waals surface area contributed by atoms with E-state index in [2.05, 4.69) is 19.7 Å². The van der Waals surface area contributed by atoms with E-state index in [1.165, 1.54) is 0 Å². The average Bonchev–Trinajstić information content (AvgIpc) is 3.28. The second kappa shape index (κ2) is 14.1. The van der Waals surface area contributed by atoms with Crippen LogP contribution in [0.1, 0.15) is 30.8 Å². The van der Waals surface area contributed by atoms with E-state index in [4.69, 9.17) is 19.8 Å². The van der Waals surface area contributed by atoms with E-state index in [0.717, 1.165) is 31.0 Å². The maximum Gasteiger partial charge on any atom is 0.490 e. The number of carboxylic acids is 2. The zero-order chi connectivity index (χ0) is 29.1. The molecule has 0 aromatic carbocycles. The Morgan fingerprint density at radius 3 is 2.11 bits per heavy atom. The van der Waals surface area contributed by atoms with Gasteiger partial charge in [-0.1, -0.05) is 6.07 Å². The zero-order valence-corrected chi connectivity index (χ0v) is 20.6. The lowest BCUT2D eigenvalue weighted by Crippen LogP contribution is -2.39. The highest BCUT2D eigenvalue weighted by atomic mass is 32.2. The number of sulfonamides is 1. The number of pyridine rings is 1. The molecule has 0 saturated heterocycles. The molecule has 0 saturated carbocycles. The van der Waals surface area contributed by atoms with Crippen LogP contribution in [0.15, 0.2) is 36.7 Å². The minimum Gasteiger partial charge on any atom is -0.475 e. The second-order valence-electron chi connectivity index (χ2n) is 7.60. The molecule has 1 aliphatic heterocycles. The number of hydrogen-bond donors (Lipinski definition) is 3. The molecule has 0 bridgehead atoms. The van der Waals surface area contributed by atoms with Crippen molar-refractivity contribution in [3.05, 3.63) is 48.0 Å². The van der Waals surface area contributed by atoms with Crippen LogP contribution >= 0.6 is 0 Å². The van der Waals surface area contributed by atoms with Crippen molar-refractivity contribution in [2.24, 2.45) is 0 Å². The van der Waals surface area contributed by atoms with Crippen molar-refractivity contribution in [3.63, 3.8) is 0 Å². The highest BCUT2D eigenvalue weighted by Gasteiger charge is 2.38. The van der Waals surface area contributed by atoms with Crippen molar-refractivity contribution in [1.29, 1.82) is 0 Å². The zero-order valence-electron chi connectivity index (χ0n) is 19.8. The first-order valence-corrected chi connectivity index (χ1v) is 12.3. The van der Waals surface area contributed by atoms with Crippen LogP contribution in [0, 0.1) is 0 Å². The van der Waals surface area contributed by atoms with Crippen molar-refractivity contribution in [1.82, 2.24) is 24.4 Å². The minimum absolute atomic E-state index is 0.108. The van der Waals surface area contributed by atoms with Crippen molar-refractivity contribution in [3.8, 4) is 0 Å². The van der Waals surface area contributed by atoms with Crippen LogP contribution in [0.25, 0.3) is 0 Å². The molecule has 0 radical (unpaired) electrons. The molecular weight excluding hydrogens is 552 g/mol. The summed E-state index contributed by atoms with van der Waals surface area (Å²) in [6.45, 7) is 4.51. The normalized spacial score (nSPS) is 15.8. The van der Waals surface area contributed by atoms with Gasteiger partial charge in [0.1, 0.15) is 0 Å². The molecule has 1 unspecified atom stereocenters. The first-order valence-electron chi connectivity index (χ1n) is 10.7. The molecule has 1 atom stereocenters. The molecule has 1 aliphatic rings. The van der Waals surface area contributed by atoms with E-state index in [9.17, 15) is 34.8 Å². The van der Waals surface area contributed by atoms with Gasteiger partial charge in [0.05, 0.1) is 23.2 Å². The Bertz CT molecular complexity index is 1120. The highest BCUT2D eigenvalue weighted by Crippen LogP contribution is 2.23. The van der Waals surface area contributed by atoms with Gasteiger partial charge in [-0.05, 0) is 31.5 Å². The molecule has 2 aromatic heterocycles.